The standard InChI is InChI=1S/C13H12ClNO3/c14-9-3-1-7(2-4-9)12(16)15-6-8-5-10(8)11(15)13(17)18/h1-4,8,10-11H,5-6H2,(H,17,18)/t8-,10+,11+/m1/s1. The largest absolute Gasteiger partial charge is 0.480 e. The van der Waals surface area contributed by atoms with Crippen molar-refractivity contribution in [1.29, 1.82) is 0 Å². The van der Waals surface area contributed by atoms with Gasteiger partial charge in [0.15, 0.2) is 0 Å². The molecule has 0 bridgehead atoms. The second kappa shape index (κ2) is 3.99. The van der Waals surface area contributed by atoms with Crippen molar-refractivity contribution in [3.63, 3.8) is 0 Å². The third kappa shape index (κ3) is 1.77. The normalized spacial score (nSPS) is 28.9. The van der Waals surface area contributed by atoms with Gasteiger partial charge in [-0.05, 0) is 42.5 Å². The van der Waals surface area contributed by atoms with Crippen LogP contribution in [0, 0.1) is 11.8 Å². The Labute approximate surface area is 109 Å². The van der Waals surface area contributed by atoms with E-state index in [0.717, 1.165) is 6.42 Å². The average molecular weight is 266 g/mol. The fraction of sp³-hybridized carbons (Fsp3) is 0.385. The number of likely N-dealkylation sites (tertiary alicyclic amines) is 1. The molecule has 2 aliphatic rings. The molecule has 1 heterocycles. The van der Waals surface area contributed by atoms with E-state index in [9.17, 15) is 14.7 Å². The van der Waals surface area contributed by atoms with E-state index in [1.165, 1.54) is 4.90 Å². The van der Waals surface area contributed by atoms with Crippen LogP contribution in [0.4, 0.5) is 0 Å². The molecule has 0 unspecified atom stereocenters. The number of halogens is 1. The Hall–Kier alpha value is -1.55. The van der Waals surface area contributed by atoms with Crippen LogP contribution in [0.25, 0.3) is 0 Å². The van der Waals surface area contributed by atoms with Gasteiger partial charge in [-0.25, -0.2) is 4.79 Å². The van der Waals surface area contributed by atoms with Crippen molar-refractivity contribution in [2.75, 3.05) is 6.54 Å². The fourth-order valence-electron chi connectivity index (χ4n) is 2.75. The number of carboxylic acid groups (broad SMARTS) is 1. The minimum atomic E-state index is -0.901. The summed E-state index contributed by atoms with van der Waals surface area (Å²) in [6, 6.07) is 5.89. The van der Waals surface area contributed by atoms with E-state index in [0.29, 0.717) is 23.0 Å². The van der Waals surface area contributed by atoms with Gasteiger partial charge in [0.1, 0.15) is 6.04 Å². The van der Waals surface area contributed by atoms with Crippen molar-refractivity contribution in [3.8, 4) is 0 Å². The molecule has 1 aliphatic carbocycles. The first kappa shape index (κ1) is 11.5. The van der Waals surface area contributed by atoms with E-state index in [-0.39, 0.29) is 11.8 Å². The molecule has 18 heavy (non-hydrogen) atoms. The van der Waals surface area contributed by atoms with Crippen LogP contribution >= 0.6 is 11.6 Å². The summed E-state index contributed by atoms with van der Waals surface area (Å²) in [5.74, 6) is -0.588. The molecule has 1 N–H and O–H groups in total. The van der Waals surface area contributed by atoms with Gasteiger partial charge in [-0.1, -0.05) is 11.6 Å². The Morgan fingerprint density at radius 1 is 1.28 bits per heavy atom. The zero-order chi connectivity index (χ0) is 12.9. The van der Waals surface area contributed by atoms with Gasteiger partial charge in [0.25, 0.3) is 5.91 Å². The summed E-state index contributed by atoms with van der Waals surface area (Å²) < 4.78 is 0. The van der Waals surface area contributed by atoms with Gasteiger partial charge in [0.2, 0.25) is 0 Å². The topological polar surface area (TPSA) is 57.6 Å². The number of nitrogens with zero attached hydrogens (tertiary/aromatic N) is 1. The maximum atomic E-state index is 12.3. The zero-order valence-electron chi connectivity index (χ0n) is 9.54. The molecule has 2 fully saturated rings. The fourth-order valence-corrected chi connectivity index (χ4v) is 2.87. The minimum Gasteiger partial charge on any atom is -0.480 e. The highest BCUT2D eigenvalue weighted by Crippen LogP contribution is 2.49. The SMILES string of the molecule is O=C(O)[C@@H]1[C@H]2C[C@@H]2CN1C(=O)c1ccc(Cl)cc1. The summed E-state index contributed by atoms with van der Waals surface area (Å²) in [7, 11) is 0. The molecule has 4 nitrogen and oxygen atoms in total. The number of carboxylic acids is 1. The van der Waals surface area contributed by atoms with Crippen molar-refractivity contribution in [2.45, 2.75) is 12.5 Å². The van der Waals surface area contributed by atoms with E-state index >= 15 is 0 Å². The Kier molecular flexibility index (Phi) is 2.55. The summed E-state index contributed by atoms with van der Waals surface area (Å²) >= 11 is 5.77. The number of carbonyl (C=O) groups excluding carboxylic acids is 1. The number of hydrogen-bond acceptors (Lipinski definition) is 2. The van der Waals surface area contributed by atoms with Crippen LogP contribution in [-0.2, 0) is 4.79 Å². The summed E-state index contributed by atoms with van der Waals surface area (Å²) in [6.07, 6.45) is 0.932. The number of amides is 1. The summed E-state index contributed by atoms with van der Waals surface area (Å²) in [5, 5.41) is 9.77. The number of aliphatic carboxylic acids is 1. The lowest BCUT2D eigenvalue weighted by molar-refractivity contribution is -0.142. The molecule has 0 spiro atoms. The maximum absolute atomic E-state index is 12.3. The number of hydrogen-bond donors (Lipinski definition) is 1. The highest BCUT2D eigenvalue weighted by atomic mass is 35.5. The van der Waals surface area contributed by atoms with E-state index < -0.39 is 12.0 Å². The third-order valence-electron chi connectivity index (χ3n) is 3.75. The molecular formula is C13H12ClNO3. The maximum Gasteiger partial charge on any atom is 0.326 e. The van der Waals surface area contributed by atoms with Crippen LogP contribution in [0.5, 0.6) is 0 Å². The van der Waals surface area contributed by atoms with Gasteiger partial charge >= 0.3 is 5.97 Å². The molecule has 3 atom stereocenters. The van der Waals surface area contributed by atoms with Gasteiger partial charge in [-0.15, -0.1) is 0 Å². The van der Waals surface area contributed by atoms with Gasteiger partial charge in [0, 0.05) is 17.1 Å². The highest BCUT2D eigenvalue weighted by molar-refractivity contribution is 6.30. The minimum absolute atomic E-state index is 0.152. The number of benzene rings is 1. The molecule has 1 saturated heterocycles. The molecule has 0 radical (unpaired) electrons. The average Bonchev–Trinajstić information content (AvgIpc) is 2.99. The first-order valence-corrected chi connectivity index (χ1v) is 6.25. The van der Waals surface area contributed by atoms with Gasteiger partial charge in [-0.3, -0.25) is 4.79 Å². The number of rotatable bonds is 2. The van der Waals surface area contributed by atoms with E-state index in [4.69, 9.17) is 11.6 Å². The van der Waals surface area contributed by atoms with Crippen LogP contribution in [0.15, 0.2) is 24.3 Å². The summed E-state index contributed by atoms with van der Waals surface area (Å²) in [6.45, 7) is 0.559. The Morgan fingerprint density at radius 2 is 1.94 bits per heavy atom. The molecule has 1 aromatic rings. The molecule has 1 saturated carbocycles. The van der Waals surface area contributed by atoms with Gasteiger partial charge < -0.3 is 10.0 Å². The Balaban J connectivity index is 1.84. The molecule has 5 heteroatoms. The van der Waals surface area contributed by atoms with E-state index in [1.54, 1.807) is 24.3 Å². The van der Waals surface area contributed by atoms with Crippen LogP contribution in [0.3, 0.4) is 0 Å². The first-order chi connectivity index (χ1) is 8.58. The second-order valence-corrected chi connectivity index (χ2v) is 5.34. The third-order valence-corrected chi connectivity index (χ3v) is 4.01. The Morgan fingerprint density at radius 3 is 2.56 bits per heavy atom. The predicted octanol–water partition coefficient (Wildman–Crippen LogP) is 1.89. The van der Waals surface area contributed by atoms with Crippen molar-refractivity contribution >= 4 is 23.5 Å². The lowest BCUT2D eigenvalue weighted by Gasteiger charge is -2.24. The summed E-state index contributed by atoms with van der Waals surface area (Å²) in [5.41, 5.74) is 0.493. The van der Waals surface area contributed by atoms with Crippen molar-refractivity contribution in [1.82, 2.24) is 4.90 Å². The molecule has 94 valence electrons. The number of piperidine rings is 1. The van der Waals surface area contributed by atoms with Gasteiger partial charge in [0.05, 0.1) is 0 Å². The number of carbonyl (C=O) groups is 2. The van der Waals surface area contributed by atoms with Crippen LogP contribution in [0.1, 0.15) is 16.8 Å². The Bertz CT molecular complexity index is 513. The summed E-state index contributed by atoms with van der Waals surface area (Å²) in [4.78, 5) is 25.0. The van der Waals surface area contributed by atoms with Crippen LogP contribution < -0.4 is 0 Å². The lowest BCUT2D eigenvalue weighted by atomic mass is 10.1. The molecule has 0 aromatic heterocycles. The van der Waals surface area contributed by atoms with Crippen LogP contribution in [-0.4, -0.2) is 34.5 Å². The van der Waals surface area contributed by atoms with E-state index in [2.05, 4.69) is 0 Å². The molecular weight excluding hydrogens is 254 g/mol. The zero-order valence-corrected chi connectivity index (χ0v) is 10.3. The molecule has 3 rings (SSSR count). The van der Waals surface area contributed by atoms with Gasteiger partial charge in [-0.2, -0.15) is 0 Å². The van der Waals surface area contributed by atoms with Crippen molar-refractivity contribution in [3.05, 3.63) is 34.9 Å². The monoisotopic (exact) mass is 265 g/mol. The molecule has 1 aliphatic heterocycles. The first-order valence-electron chi connectivity index (χ1n) is 5.87. The second-order valence-electron chi connectivity index (χ2n) is 4.91. The predicted molar refractivity (Wildman–Crippen MR) is 65.5 cm³/mol. The van der Waals surface area contributed by atoms with Crippen LogP contribution in [0.2, 0.25) is 5.02 Å². The highest BCUT2D eigenvalue weighted by Gasteiger charge is 2.57. The van der Waals surface area contributed by atoms with E-state index in [1.807, 2.05) is 0 Å². The smallest absolute Gasteiger partial charge is 0.326 e. The lowest BCUT2D eigenvalue weighted by Crippen LogP contribution is -2.43. The number of fused-ring (bicyclic) bond motifs is 1. The van der Waals surface area contributed by atoms with Crippen molar-refractivity contribution in [2.24, 2.45) is 11.8 Å². The molecule has 1 aromatic carbocycles. The quantitative estimate of drug-likeness (QED) is 0.888. The molecule has 1 amide bonds. The van der Waals surface area contributed by atoms with Crippen molar-refractivity contribution < 1.29 is 14.7 Å².